The Morgan fingerprint density at radius 3 is 1.28 bits per heavy atom. The molecule has 0 spiro atoms. The van der Waals surface area contributed by atoms with Gasteiger partial charge in [-0.25, -0.2) is 0 Å². The summed E-state index contributed by atoms with van der Waals surface area (Å²) in [5.41, 5.74) is 13.6. The summed E-state index contributed by atoms with van der Waals surface area (Å²) < 4.78 is 30.9. The third-order valence-corrected chi connectivity index (χ3v) is 38.6. The first-order valence-electron chi connectivity index (χ1n) is 50.1. The minimum absolute atomic E-state index is 0.114. The lowest BCUT2D eigenvalue weighted by molar-refractivity contribution is 0.0925. The minimum atomic E-state index is 0.114. The highest BCUT2D eigenvalue weighted by Crippen LogP contribution is 2.47. The molecule has 746 valence electrons. The Bertz CT molecular complexity index is 9000. The molecule has 150 heavy (non-hydrogen) atoms. The van der Waals surface area contributed by atoms with E-state index in [0.717, 1.165) is 211 Å². The normalized spacial score (nSPS) is 14.9. The number of Topliss-reactive ketones (excluding diaryl/α,β-unsaturated/α-hetero) is 8. The zero-order valence-corrected chi connectivity index (χ0v) is 90.3. The van der Waals surface area contributed by atoms with Gasteiger partial charge in [0.2, 0.25) is 6.79 Å². The fraction of sp³-hybridized carbons (Fsp3) is 0.184. The van der Waals surface area contributed by atoms with E-state index in [4.69, 9.17) is 18.6 Å². The van der Waals surface area contributed by atoms with Crippen LogP contribution < -0.4 is 25.1 Å². The molecule has 0 aliphatic carbocycles. The van der Waals surface area contributed by atoms with E-state index in [2.05, 4.69) is 159 Å². The molecule has 25 heteroatoms. The minimum Gasteiger partial charge on any atom is -0.492 e. The number of fused-ring (bicyclic) bond motifs is 25. The maximum Gasteiger partial charge on any atom is 0.231 e. The van der Waals surface area contributed by atoms with E-state index in [0.29, 0.717) is 92.2 Å². The molecule has 5 aromatic heterocycles. The average Bonchev–Trinajstić information content (AvgIpc) is 1.19. The van der Waals surface area contributed by atoms with Crippen LogP contribution in [-0.4, -0.2) is 105 Å². The number of thioether (sulfide) groups is 7. The summed E-state index contributed by atoms with van der Waals surface area (Å²) in [5, 5.41) is 15.4. The van der Waals surface area contributed by atoms with Crippen molar-refractivity contribution in [3.63, 3.8) is 0 Å². The molecule has 0 unspecified atom stereocenters. The number of benzene rings is 16. The highest BCUT2D eigenvalue weighted by atomic mass is 32.2. The summed E-state index contributed by atoms with van der Waals surface area (Å²) >= 11 is 17.5. The Kier molecular flexibility index (Phi) is 30.5. The van der Waals surface area contributed by atoms with Gasteiger partial charge in [-0.2, -0.15) is 0 Å². The molecule has 0 N–H and O–H groups in total. The van der Waals surface area contributed by atoms with Gasteiger partial charge in [-0.3, -0.25) is 47.9 Å². The number of thiophene rings is 1. The van der Waals surface area contributed by atoms with E-state index in [1.54, 1.807) is 128 Å². The predicted octanol–water partition coefficient (Wildman–Crippen LogP) is 32.9. The van der Waals surface area contributed by atoms with Gasteiger partial charge in [0.25, 0.3) is 0 Å². The third kappa shape index (κ3) is 20.9. The molecule has 16 aromatic carbocycles. The zero-order chi connectivity index (χ0) is 103. The van der Waals surface area contributed by atoms with Gasteiger partial charge in [-0.15, -0.1) is 116 Å². The summed E-state index contributed by atoms with van der Waals surface area (Å²) in [5.74, 6) is 10.1. The fourth-order valence-corrected chi connectivity index (χ4v) is 30.7. The molecule has 0 fully saturated rings. The molecule has 0 atom stereocenters. The topological polar surface area (TPSA) is 216 Å². The number of ether oxygens (including phenoxy) is 3. The lowest BCUT2D eigenvalue weighted by Gasteiger charge is -2.21. The van der Waals surface area contributed by atoms with Gasteiger partial charge in [0.1, 0.15) is 16.9 Å². The number of nitrogens with zero attached hydrogens (tertiary/aromatic N) is 1. The van der Waals surface area contributed by atoms with Crippen molar-refractivity contribution in [2.45, 2.75) is 126 Å². The highest BCUT2D eigenvalue weighted by molar-refractivity contribution is 8.01. The van der Waals surface area contributed by atoms with Gasteiger partial charge in [0.15, 0.2) is 68.6 Å². The van der Waals surface area contributed by atoms with Crippen LogP contribution >= 0.6 is 116 Å². The van der Waals surface area contributed by atoms with Crippen LogP contribution in [0.5, 0.6) is 17.2 Å². The van der Waals surface area contributed by atoms with Crippen molar-refractivity contribution in [2.75, 3.05) is 53.7 Å². The third-order valence-electron chi connectivity index (χ3n) is 27.6. The first kappa shape index (κ1) is 101. The average molecular weight is 2160 g/mol. The van der Waals surface area contributed by atoms with Crippen molar-refractivity contribution in [1.82, 2.24) is 4.57 Å². The Hall–Kier alpha value is -13.2. The smallest absolute Gasteiger partial charge is 0.231 e. The zero-order valence-electron chi connectivity index (χ0n) is 82.1. The predicted molar refractivity (Wildman–Crippen MR) is 627 cm³/mol. The quantitative estimate of drug-likeness (QED) is 0.150. The van der Waals surface area contributed by atoms with Gasteiger partial charge in [-0.1, -0.05) is 166 Å². The molecule has 0 amide bonds. The summed E-state index contributed by atoms with van der Waals surface area (Å²) in [7, 11) is 0. The van der Waals surface area contributed by atoms with Crippen molar-refractivity contribution in [1.29, 1.82) is 0 Å². The Morgan fingerprint density at radius 1 is 0.260 bits per heavy atom. The van der Waals surface area contributed by atoms with Crippen LogP contribution in [0.3, 0.4) is 0 Å². The van der Waals surface area contributed by atoms with Crippen LogP contribution in [0.25, 0.3) is 126 Å². The molecular weight excluding hydrogens is 2060 g/mol. The van der Waals surface area contributed by atoms with Gasteiger partial charge in [-0.05, 0) is 192 Å². The standard InChI is InChI=1S/C17H15NOS.C17H16OS.C15H10O2S.C15H10OS2.C13H8OS.2C13H10OS.C12H10O3S.C10H8O3S/c1-2-18-14-6-4-3-5-11(14)12-10-17-13(9-15(12)18)16(19)7-8-20-17;1-3-11-9-12(4-2)17-14(10-11)16(18)13-7-5-6-8-15(13)19-17;16-12-5-6-18-15-8-10-9-3-1-2-4-13(9)17-14(10)7-11(12)15;16-12-5-6-17-14-7-10-9-3-1-2-4-13(9)18-15(10)8-11(12)14;14-13-9-5-1-3-7-11(9)15-12-8-4-2-6-10(12)13;14-12-5-6-15-13-8-10-4-2-1-3-9(10)7-11(12)13;14-11-7-8-15-12-6-5-9-3-1-2-4-10(9)13(11)12;13-9-1-3-15-11-5-8-10(14)2-4-16-12(8)6-7(9)11;11-7-1-2-14-10-4-9-8(3-6(7)10)12-5-13-9/h3-6,9-10H,2,7-8H2,1H3;5-10H,3-4H2,1-2H3;2*1-4,7-8H,5-6H2;1-8H;1-4,7-8H,5-6H2;1-6H,7-8H2;5-6H,1-4H2;3-4H,1-2,5H2. The van der Waals surface area contributed by atoms with Crippen molar-refractivity contribution in [2.24, 2.45) is 0 Å². The molecule has 14 heterocycles. The number of carbonyl (C=O) groups is 8. The monoisotopic (exact) mass is 2160 g/mol. The van der Waals surface area contributed by atoms with E-state index < -0.39 is 0 Å². The Morgan fingerprint density at radius 2 is 0.687 bits per heavy atom. The molecule has 9 aliphatic heterocycles. The van der Waals surface area contributed by atoms with E-state index in [-0.39, 0.29) is 52.3 Å². The van der Waals surface area contributed by atoms with Crippen molar-refractivity contribution in [3.8, 4) is 17.2 Å². The first-order chi connectivity index (χ1) is 73.3. The Balaban J connectivity index is 0.0000000955. The van der Waals surface area contributed by atoms with Crippen LogP contribution in [0.2, 0.25) is 0 Å². The number of furan rings is 1. The van der Waals surface area contributed by atoms with E-state index in [9.17, 15) is 47.9 Å². The molecule has 15 nitrogen and oxygen atoms in total. The molecule has 30 rings (SSSR count). The number of rotatable bonds is 3. The fourth-order valence-electron chi connectivity index (χ4n) is 20.0. The number of ketones is 8. The summed E-state index contributed by atoms with van der Waals surface area (Å²) in [6.45, 7) is 8.05. The van der Waals surface area contributed by atoms with Crippen molar-refractivity contribution >= 4 is 288 Å². The largest absolute Gasteiger partial charge is 0.492 e. The molecule has 9 aliphatic rings. The molecular formula is C125H97NO14S10. The van der Waals surface area contributed by atoms with E-state index in [1.807, 2.05) is 146 Å². The van der Waals surface area contributed by atoms with Gasteiger partial charge >= 0.3 is 0 Å². The number of para-hydroxylation sites is 2. The lowest BCUT2D eigenvalue weighted by Crippen LogP contribution is -2.17. The van der Waals surface area contributed by atoms with Crippen LogP contribution in [0.4, 0.5) is 0 Å². The summed E-state index contributed by atoms with van der Waals surface area (Å²) in [4.78, 5) is 127. The van der Waals surface area contributed by atoms with Crippen LogP contribution in [0, 0.1) is 0 Å². The molecule has 0 saturated heterocycles. The second kappa shape index (κ2) is 45.2. The van der Waals surface area contributed by atoms with Crippen LogP contribution in [0.1, 0.15) is 166 Å². The highest BCUT2D eigenvalue weighted by Gasteiger charge is 2.31. The number of hydrogen-bond donors (Lipinski definition) is 0. The Labute approximate surface area is 905 Å². The maximum atomic E-state index is 12.6. The first-order valence-corrected chi connectivity index (χ1v) is 59.5. The maximum absolute atomic E-state index is 12.6. The number of aromatic nitrogens is 1. The van der Waals surface area contributed by atoms with Gasteiger partial charge in [0.05, 0.1) is 12.2 Å². The van der Waals surface area contributed by atoms with Gasteiger partial charge in [0, 0.05) is 264 Å². The SMILES string of the molecule is CCc1cc(CC)c2sc3ccccc3c(=O)c2c1.CCn1c2ccccc2c2cc3c(cc21)C(=O)CCS3.O=C1CCOc2cc3c(cc21)SCCC3=O.O=C1CCSc2cc3c(cc21)OCO3.O=C1CCSc2cc3c(cc21)oc1ccccc13.O=C1CCSc2cc3c(cc21)sc1ccccc13.O=C1CCSc2cc3ccccc3cc21.O=C1CCSc2ccc3ccccc3c21.O=c1c2ccccc2sc2ccccc12. The van der Waals surface area contributed by atoms with Crippen molar-refractivity contribution < 1.29 is 57.0 Å². The van der Waals surface area contributed by atoms with Crippen LogP contribution in [-0.2, 0) is 19.4 Å². The lowest BCUT2D eigenvalue weighted by atomic mass is 10.00. The van der Waals surface area contributed by atoms with Gasteiger partial charge < -0.3 is 23.2 Å². The number of hydrogen-bond acceptors (Lipinski definition) is 24. The van der Waals surface area contributed by atoms with E-state index >= 15 is 0 Å². The van der Waals surface area contributed by atoms with Crippen molar-refractivity contribution in [3.05, 3.63) is 367 Å². The molecule has 21 aromatic rings. The van der Waals surface area contributed by atoms with E-state index in [1.165, 1.54) is 58.5 Å². The number of aryl methyl sites for hydroxylation is 3. The molecule has 0 bridgehead atoms. The number of carbonyl (C=O) groups excluding carboxylic acids is 8. The second-order valence-corrected chi connectivity index (χ2v) is 48.0. The molecule has 0 saturated carbocycles. The summed E-state index contributed by atoms with van der Waals surface area (Å²) in [6.07, 6.45) is 6.89. The second-order valence-electron chi connectivity index (χ2n) is 36.8. The molecule has 0 radical (unpaired) electrons. The summed E-state index contributed by atoms with van der Waals surface area (Å²) in [6, 6.07) is 97.1. The van der Waals surface area contributed by atoms with Crippen LogP contribution in [0.15, 0.2) is 339 Å².